The summed E-state index contributed by atoms with van der Waals surface area (Å²) in [7, 11) is 1.51. The Labute approximate surface area is 156 Å². The van der Waals surface area contributed by atoms with Gasteiger partial charge in [0.15, 0.2) is 0 Å². The molecular formula is C19H19FN4O3. The minimum Gasteiger partial charge on any atom is -0.495 e. The van der Waals surface area contributed by atoms with Crippen molar-refractivity contribution < 1.29 is 18.7 Å². The van der Waals surface area contributed by atoms with Crippen molar-refractivity contribution in [3.05, 3.63) is 47.8 Å². The number of carbonyl (C=O) groups is 1. The van der Waals surface area contributed by atoms with Crippen molar-refractivity contribution in [1.29, 1.82) is 5.26 Å². The summed E-state index contributed by atoms with van der Waals surface area (Å²) < 4.78 is 24.0. The second-order valence-electron chi connectivity index (χ2n) is 6.26. The van der Waals surface area contributed by atoms with Gasteiger partial charge in [-0.3, -0.25) is 4.79 Å². The summed E-state index contributed by atoms with van der Waals surface area (Å²) in [6, 6.07) is 7.21. The molecule has 7 nitrogen and oxygen atoms in total. The predicted molar refractivity (Wildman–Crippen MR) is 93.8 cm³/mol. The molecule has 0 atom stereocenters. The van der Waals surface area contributed by atoms with Crippen LogP contribution in [0.2, 0.25) is 0 Å². The molecule has 27 heavy (non-hydrogen) atoms. The minimum absolute atomic E-state index is 0.0136. The van der Waals surface area contributed by atoms with E-state index in [1.807, 2.05) is 0 Å². The van der Waals surface area contributed by atoms with Crippen LogP contribution in [0.4, 0.5) is 4.39 Å². The number of methoxy groups -OCH3 is 1. The summed E-state index contributed by atoms with van der Waals surface area (Å²) in [6.07, 6.45) is 5.16. The first-order chi connectivity index (χ1) is 13.1. The van der Waals surface area contributed by atoms with Crippen molar-refractivity contribution in [2.75, 3.05) is 7.11 Å². The van der Waals surface area contributed by atoms with Gasteiger partial charge in [0.2, 0.25) is 5.95 Å². The average molecular weight is 370 g/mol. The number of rotatable bonds is 5. The standard InChI is InChI=1S/C19H19FN4O3/c1-26-17-8-15(5-2-12(17)9-21)27-14-6-3-13(4-7-14)24-19(25)16-10-23-18(20)11-22-16/h2,5,8,10-11,13-14H,3-4,6-7H2,1H3,(H,24,25). The summed E-state index contributed by atoms with van der Waals surface area (Å²) in [5.41, 5.74) is 0.555. The van der Waals surface area contributed by atoms with Crippen molar-refractivity contribution >= 4 is 5.91 Å². The summed E-state index contributed by atoms with van der Waals surface area (Å²) >= 11 is 0. The Kier molecular flexibility index (Phi) is 5.81. The van der Waals surface area contributed by atoms with Crippen LogP contribution >= 0.6 is 0 Å². The summed E-state index contributed by atoms with van der Waals surface area (Å²) in [6.45, 7) is 0. The van der Waals surface area contributed by atoms with Gasteiger partial charge in [-0.25, -0.2) is 9.97 Å². The highest BCUT2D eigenvalue weighted by Gasteiger charge is 2.24. The first-order valence-corrected chi connectivity index (χ1v) is 8.62. The van der Waals surface area contributed by atoms with Crippen molar-refractivity contribution in [3.63, 3.8) is 0 Å². The monoisotopic (exact) mass is 370 g/mol. The number of hydrogen-bond donors (Lipinski definition) is 1. The normalized spacial score (nSPS) is 19.0. The Hall–Kier alpha value is -3.21. The molecular weight excluding hydrogens is 351 g/mol. The lowest BCUT2D eigenvalue weighted by atomic mass is 9.93. The Morgan fingerprint density at radius 1 is 1.26 bits per heavy atom. The fourth-order valence-corrected chi connectivity index (χ4v) is 3.04. The molecule has 0 bridgehead atoms. The second-order valence-corrected chi connectivity index (χ2v) is 6.26. The smallest absolute Gasteiger partial charge is 0.271 e. The quantitative estimate of drug-likeness (QED) is 0.869. The van der Waals surface area contributed by atoms with E-state index in [4.69, 9.17) is 14.7 Å². The first kappa shape index (κ1) is 18.6. The molecule has 1 N–H and O–H groups in total. The molecule has 3 rings (SSSR count). The van der Waals surface area contributed by atoms with Gasteiger partial charge in [-0.15, -0.1) is 0 Å². The van der Waals surface area contributed by atoms with Gasteiger partial charge >= 0.3 is 0 Å². The van der Waals surface area contributed by atoms with Gasteiger partial charge < -0.3 is 14.8 Å². The SMILES string of the molecule is COc1cc(OC2CCC(NC(=O)c3cnc(F)cn3)CC2)ccc1C#N. The molecule has 1 fully saturated rings. The molecule has 1 saturated carbocycles. The van der Waals surface area contributed by atoms with Gasteiger partial charge in [-0.2, -0.15) is 9.65 Å². The predicted octanol–water partition coefficient (Wildman–Crippen LogP) is 2.62. The van der Waals surface area contributed by atoms with Crippen molar-refractivity contribution in [2.45, 2.75) is 37.8 Å². The van der Waals surface area contributed by atoms with Crippen molar-refractivity contribution in [3.8, 4) is 17.6 Å². The third-order valence-electron chi connectivity index (χ3n) is 4.46. The van der Waals surface area contributed by atoms with Gasteiger partial charge in [0, 0.05) is 12.1 Å². The molecule has 0 aliphatic heterocycles. The minimum atomic E-state index is -0.719. The van der Waals surface area contributed by atoms with Crippen LogP contribution < -0.4 is 14.8 Å². The molecule has 8 heteroatoms. The lowest BCUT2D eigenvalue weighted by Gasteiger charge is -2.29. The number of nitrogens with zero attached hydrogens (tertiary/aromatic N) is 3. The van der Waals surface area contributed by atoms with Crippen LogP contribution in [0.5, 0.6) is 11.5 Å². The van der Waals surface area contributed by atoms with Gasteiger partial charge in [-0.05, 0) is 37.8 Å². The van der Waals surface area contributed by atoms with Gasteiger partial charge in [0.05, 0.1) is 31.2 Å². The zero-order valence-electron chi connectivity index (χ0n) is 14.8. The van der Waals surface area contributed by atoms with Crippen LogP contribution in [-0.4, -0.2) is 35.1 Å². The largest absolute Gasteiger partial charge is 0.495 e. The molecule has 1 aromatic carbocycles. The highest BCUT2D eigenvalue weighted by atomic mass is 19.1. The van der Waals surface area contributed by atoms with Crippen LogP contribution in [0.25, 0.3) is 0 Å². The van der Waals surface area contributed by atoms with Gasteiger partial charge in [-0.1, -0.05) is 0 Å². The number of aromatic nitrogens is 2. The van der Waals surface area contributed by atoms with E-state index in [9.17, 15) is 9.18 Å². The fourth-order valence-electron chi connectivity index (χ4n) is 3.04. The molecule has 0 radical (unpaired) electrons. The van der Waals surface area contributed by atoms with Crippen LogP contribution in [0.3, 0.4) is 0 Å². The molecule has 140 valence electrons. The van der Waals surface area contributed by atoms with Crippen LogP contribution in [-0.2, 0) is 0 Å². The maximum Gasteiger partial charge on any atom is 0.271 e. The van der Waals surface area contributed by atoms with Gasteiger partial charge in [0.25, 0.3) is 5.91 Å². The molecule has 1 aliphatic rings. The average Bonchev–Trinajstić information content (AvgIpc) is 2.69. The van der Waals surface area contributed by atoms with E-state index in [1.54, 1.807) is 18.2 Å². The molecule has 1 heterocycles. The van der Waals surface area contributed by atoms with E-state index in [-0.39, 0.29) is 23.7 Å². The van der Waals surface area contributed by atoms with E-state index in [0.29, 0.717) is 17.1 Å². The molecule has 0 spiro atoms. The molecule has 1 aliphatic carbocycles. The summed E-state index contributed by atoms with van der Waals surface area (Å²) in [5, 5.41) is 11.9. The number of hydrogen-bond acceptors (Lipinski definition) is 6. The first-order valence-electron chi connectivity index (χ1n) is 8.62. The lowest BCUT2D eigenvalue weighted by Crippen LogP contribution is -2.40. The molecule has 2 aromatic rings. The summed E-state index contributed by atoms with van der Waals surface area (Å²) in [4.78, 5) is 19.3. The number of benzene rings is 1. The van der Waals surface area contributed by atoms with E-state index in [1.165, 1.54) is 7.11 Å². The zero-order valence-corrected chi connectivity index (χ0v) is 14.8. The lowest BCUT2D eigenvalue weighted by molar-refractivity contribution is 0.0888. The molecule has 0 unspecified atom stereocenters. The maximum absolute atomic E-state index is 12.8. The molecule has 0 saturated heterocycles. The van der Waals surface area contributed by atoms with E-state index >= 15 is 0 Å². The number of nitriles is 1. The van der Waals surface area contributed by atoms with Crippen molar-refractivity contribution in [2.24, 2.45) is 0 Å². The second kappa shape index (κ2) is 8.45. The Balaban J connectivity index is 1.51. The van der Waals surface area contributed by atoms with Gasteiger partial charge in [0.1, 0.15) is 23.3 Å². The van der Waals surface area contributed by atoms with Crippen LogP contribution in [0, 0.1) is 17.3 Å². The Morgan fingerprint density at radius 2 is 2.04 bits per heavy atom. The highest BCUT2D eigenvalue weighted by molar-refractivity contribution is 5.92. The fraction of sp³-hybridized carbons (Fsp3) is 0.368. The topological polar surface area (TPSA) is 97.1 Å². The van der Waals surface area contributed by atoms with Crippen LogP contribution in [0.1, 0.15) is 41.7 Å². The van der Waals surface area contributed by atoms with Crippen LogP contribution in [0.15, 0.2) is 30.6 Å². The molecule has 1 amide bonds. The highest BCUT2D eigenvalue weighted by Crippen LogP contribution is 2.28. The zero-order chi connectivity index (χ0) is 19.2. The van der Waals surface area contributed by atoms with E-state index < -0.39 is 5.95 Å². The van der Waals surface area contributed by atoms with E-state index in [0.717, 1.165) is 38.1 Å². The number of halogens is 1. The third-order valence-corrected chi connectivity index (χ3v) is 4.46. The number of amides is 1. The molecule has 1 aromatic heterocycles. The Bertz CT molecular complexity index is 843. The summed E-state index contributed by atoms with van der Waals surface area (Å²) in [5.74, 6) is 0.0589. The number of carbonyl (C=O) groups excluding carboxylic acids is 1. The van der Waals surface area contributed by atoms with E-state index in [2.05, 4.69) is 21.4 Å². The number of ether oxygens (including phenoxy) is 2. The Morgan fingerprint density at radius 3 is 2.67 bits per heavy atom. The number of nitrogens with one attached hydrogen (secondary N) is 1. The maximum atomic E-state index is 12.8. The third kappa shape index (κ3) is 4.70. The van der Waals surface area contributed by atoms with Crippen molar-refractivity contribution in [1.82, 2.24) is 15.3 Å².